The molecule has 9 fully saturated rings. The molecule has 522 valence electrons. The maximum atomic E-state index is 2.55. The first-order valence-electron chi connectivity index (χ1n) is 39.1. The van der Waals surface area contributed by atoms with Crippen LogP contribution in [0.2, 0.25) is 0 Å². The number of thiophene rings is 1. The summed E-state index contributed by atoms with van der Waals surface area (Å²) < 4.78 is 3.41. The van der Waals surface area contributed by atoms with Crippen LogP contribution in [0.5, 0.6) is 0 Å². The van der Waals surface area contributed by atoms with Gasteiger partial charge in [-0.15, -0.1) is 27.2 Å². The Balaban J connectivity index is 0.000000145. The van der Waals surface area contributed by atoms with Crippen LogP contribution >= 0.6 is 74.7 Å². The van der Waals surface area contributed by atoms with E-state index in [0.29, 0.717) is 15.8 Å². The van der Waals surface area contributed by atoms with Crippen LogP contribution in [0.4, 0.5) is 0 Å². The third-order valence-corrected chi connectivity index (χ3v) is 55.9. The van der Waals surface area contributed by atoms with E-state index in [2.05, 4.69) is 217 Å². The third kappa shape index (κ3) is 19.2. The van der Waals surface area contributed by atoms with Crippen LogP contribution in [0.1, 0.15) is 264 Å². The Morgan fingerprint density at radius 1 is 0.351 bits per heavy atom. The summed E-state index contributed by atoms with van der Waals surface area (Å²) >= 11 is 2.16. The summed E-state index contributed by atoms with van der Waals surface area (Å²) in [7, 11) is 0.959. The van der Waals surface area contributed by atoms with Gasteiger partial charge in [-0.25, -0.2) is 0 Å². The molecular weight excluding hydrogens is 1340 g/mol. The van der Waals surface area contributed by atoms with Gasteiger partial charge in [0.25, 0.3) is 0 Å². The fourth-order valence-corrected chi connectivity index (χ4v) is 52.7. The molecule has 2 aliphatic carbocycles. The molecule has 0 amide bonds. The van der Waals surface area contributed by atoms with Crippen LogP contribution in [-0.2, 0) is 17.1 Å². The molecule has 2 unspecified atom stereocenters. The Morgan fingerprint density at radius 3 is 1.11 bits per heavy atom. The van der Waals surface area contributed by atoms with E-state index in [-0.39, 0.29) is 64.6 Å². The van der Waals surface area contributed by atoms with Gasteiger partial charge >= 0.3 is 0 Å². The SMILES string of the molecule is C1CCCC1.CC[C@@H]1CC[C@@H](CC)P1c1ccccc1P1[C@H](CC)CC[C@H]1CC.C[C@@H]1CC[C@@H](C)P1C1CCCC1P(c1ccccc1)c1ccccc1.C[C@@H]1CC[C@@H](C)P1c1sc2ccccc2c1P1[C@H](C)CC[C@H]1C.C[C@H]1CC[C@H](C)P1CCP1[C@@H](C)CC[C@@H]1C.[Fe]. The van der Waals surface area contributed by atoms with Crippen LogP contribution in [0.15, 0.2) is 109 Å². The molecule has 0 N–H and O–H groups in total. The minimum Gasteiger partial charge on any atom is -0.135 e. The maximum absolute atomic E-state index is 2.55. The molecule has 9 aliphatic rings. The zero-order valence-corrected chi connectivity index (χ0v) is 70.8. The Bertz CT molecular complexity index is 2780. The summed E-state index contributed by atoms with van der Waals surface area (Å²) in [5.74, 6) is 0. The monoisotopic (exact) mass is 1480 g/mol. The van der Waals surface area contributed by atoms with Crippen molar-refractivity contribution in [3.63, 3.8) is 0 Å². The Labute approximate surface area is 604 Å². The number of hydrogen-bond donors (Lipinski definition) is 0. The number of fused-ring (bicyclic) bond motifs is 1. The minimum atomic E-state index is -0.229. The van der Waals surface area contributed by atoms with Gasteiger partial charge in [-0.2, -0.15) is 0 Å². The molecule has 5 aromatic rings. The van der Waals surface area contributed by atoms with Gasteiger partial charge in [0.2, 0.25) is 0 Å². The first kappa shape index (κ1) is 78.9. The molecule has 94 heavy (non-hydrogen) atoms. The largest absolute Gasteiger partial charge is 0.135 e. The molecule has 7 saturated heterocycles. The summed E-state index contributed by atoms with van der Waals surface area (Å²) in [6.07, 6.45) is 41.5. The number of rotatable bonds is 15. The second kappa shape index (κ2) is 39.1. The van der Waals surface area contributed by atoms with Gasteiger partial charge in [0.05, 0.1) is 0 Å². The van der Waals surface area contributed by atoms with Gasteiger partial charge in [0.15, 0.2) is 0 Å². The van der Waals surface area contributed by atoms with E-state index in [0.717, 1.165) is 90.5 Å². The van der Waals surface area contributed by atoms with Crippen molar-refractivity contribution in [2.75, 3.05) is 12.3 Å². The molecule has 4 aromatic carbocycles. The fraction of sp³-hybridized carbons (Fsp3) is 0.690. The van der Waals surface area contributed by atoms with Crippen LogP contribution in [0.25, 0.3) is 10.1 Å². The molecule has 0 nitrogen and oxygen atoms in total. The van der Waals surface area contributed by atoms with Crippen molar-refractivity contribution in [2.24, 2.45) is 0 Å². The molecule has 10 heteroatoms. The van der Waals surface area contributed by atoms with Gasteiger partial charge < -0.3 is 0 Å². The first-order valence-corrected chi connectivity index (χ1v) is 52.1. The van der Waals surface area contributed by atoms with Crippen LogP contribution < -0.4 is 31.1 Å². The molecule has 0 spiro atoms. The van der Waals surface area contributed by atoms with Crippen molar-refractivity contribution in [3.8, 4) is 0 Å². The quantitative estimate of drug-likeness (QED) is 0.0724. The molecule has 14 rings (SSSR count). The van der Waals surface area contributed by atoms with E-state index in [1.807, 2.05) is 20.5 Å². The topological polar surface area (TPSA) is 0 Å². The summed E-state index contributed by atoms with van der Waals surface area (Å²) in [6, 6.07) is 41.9. The van der Waals surface area contributed by atoms with E-state index in [9.17, 15) is 0 Å². The average molecular weight is 1480 g/mol. The van der Waals surface area contributed by atoms with Gasteiger partial charge in [0, 0.05) is 37.1 Å². The standard InChI is InChI=1S/C23H30P2.C22H36P2.C20H28P2S.C14H28P2.C5H10.Fe/c1-18-16-17-19(2)24(18)22-14-9-15-23(22)25(20-10-5-3-6-11-20)21-12-7-4-8-13-21;1-5-17-13-14-18(6-2)23(17)21-11-9-10-12-22(21)24-19(7-3)15-16-20(24)8-4;1-13-9-10-14(2)21(13)19-17-7-5-6-8-18(17)23-20(19)22-15(3)11-12-16(22)4;1-11-5-6-12(2)15(11)9-10-16-13(3)7-8-14(16)4;1-2-4-5-3-1;/h3-8,10-13,18-19,22-23H,9,14-17H2,1-2H3;9-12,17-20H,5-8,13-16H2,1-4H3;5-8,13-16H,9-12H2,1-4H3;11-14H,5-10H2,1-4H3;1-5H2;/t18-,19-,22?,23?;17-,18-,19-,20-;13-,14-,15-,16-;11-,12-,13-,14-;;/m1110../s1. The Morgan fingerprint density at radius 2 is 0.702 bits per heavy atom. The Kier molecular flexibility index (Phi) is 32.8. The zero-order chi connectivity index (χ0) is 65.7. The second-order valence-corrected chi connectivity index (χ2v) is 56.1. The van der Waals surface area contributed by atoms with Crippen molar-refractivity contribution in [3.05, 3.63) is 109 Å². The average Bonchev–Trinajstić information content (AvgIpc) is 1.61. The molecule has 1 aromatic heterocycles. The van der Waals surface area contributed by atoms with Crippen molar-refractivity contribution >= 4 is 116 Å². The zero-order valence-electron chi connectivity index (χ0n) is 61.8. The third-order valence-electron chi connectivity index (χ3n) is 24.9. The second-order valence-electron chi connectivity index (χ2n) is 30.9. The minimum absolute atomic E-state index is 0. The first-order chi connectivity index (χ1) is 45.2. The van der Waals surface area contributed by atoms with E-state index < -0.39 is 0 Å². The summed E-state index contributed by atoms with van der Waals surface area (Å²) in [4.78, 5) is 0. The molecular formula is C84H132FeP8S. The van der Waals surface area contributed by atoms with E-state index >= 15 is 0 Å². The Hall–Kier alpha value is 0.799. The van der Waals surface area contributed by atoms with E-state index in [4.69, 9.17) is 0 Å². The number of hydrogen-bond acceptors (Lipinski definition) is 1. The van der Waals surface area contributed by atoms with Crippen molar-refractivity contribution in [2.45, 2.75) is 354 Å². The van der Waals surface area contributed by atoms with Gasteiger partial charge in [-0.1, -0.05) is 278 Å². The van der Waals surface area contributed by atoms with Crippen molar-refractivity contribution < 1.29 is 17.1 Å². The predicted molar refractivity (Wildman–Crippen MR) is 444 cm³/mol. The van der Waals surface area contributed by atoms with E-state index in [1.165, 1.54) is 167 Å². The molecule has 8 heterocycles. The molecule has 16 atom stereocenters. The molecule has 0 radical (unpaired) electrons. The summed E-state index contributed by atoms with van der Waals surface area (Å²) in [5.41, 5.74) is 15.8. The molecule has 7 aliphatic heterocycles. The summed E-state index contributed by atoms with van der Waals surface area (Å²) in [5, 5.41) is 10.3. The normalized spacial score (nSPS) is 32.7. The predicted octanol–water partition coefficient (Wildman–Crippen LogP) is 26.0. The van der Waals surface area contributed by atoms with Gasteiger partial charge in [-0.05, 0) is 266 Å². The van der Waals surface area contributed by atoms with Crippen LogP contribution in [-0.4, -0.2) is 103 Å². The van der Waals surface area contributed by atoms with Gasteiger partial charge in [-0.3, -0.25) is 0 Å². The summed E-state index contributed by atoms with van der Waals surface area (Å²) in [6.45, 7) is 35.0. The van der Waals surface area contributed by atoms with Crippen LogP contribution in [0.3, 0.4) is 0 Å². The van der Waals surface area contributed by atoms with E-state index in [1.54, 1.807) is 33.0 Å². The molecule has 0 bridgehead atoms. The van der Waals surface area contributed by atoms with Crippen molar-refractivity contribution in [1.29, 1.82) is 0 Å². The smallest absolute Gasteiger partial charge is 0.0372 e. The fourth-order valence-electron chi connectivity index (χ4n) is 19.5. The van der Waals surface area contributed by atoms with Gasteiger partial charge in [0.1, 0.15) is 0 Å². The number of benzene rings is 4. The maximum Gasteiger partial charge on any atom is 0.0372 e. The van der Waals surface area contributed by atoms with Crippen molar-refractivity contribution in [1.82, 2.24) is 0 Å². The molecule has 2 saturated carbocycles. The van der Waals surface area contributed by atoms with Crippen LogP contribution in [0, 0.1) is 0 Å².